The van der Waals surface area contributed by atoms with E-state index < -0.39 is 0 Å². The lowest BCUT2D eigenvalue weighted by Crippen LogP contribution is -2.27. The number of anilines is 1. The normalized spacial score (nSPS) is 15.8. The lowest BCUT2D eigenvalue weighted by molar-refractivity contribution is -0.120. The molecule has 0 spiro atoms. The Labute approximate surface area is 125 Å². The number of carbonyl (C=O) groups is 2. The molecule has 2 amide bonds. The number of carbonyl (C=O) groups excluding carboxylic acids is 2. The van der Waals surface area contributed by atoms with Crippen LogP contribution < -0.4 is 5.32 Å². The Morgan fingerprint density at radius 1 is 1.24 bits per heavy atom. The van der Waals surface area contributed by atoms with Gasteiger partial charge in [0.1, 0.15) is 0 Å². The molecular formula is C15H24N4O2. The minimum Gasteiger partial charge on any atom is -0.343 e. The third-order valence-corrected chi connectivity index (χ3v) is 4.17. The van der Waals surface area contributed by atoms with E-state index in [4.69, 9.17) is 0 Å². The van der Waals surface area contributed by atoms with Crippen molar-refractivity contribution in [3.8, 4) is 0 Å². The minimum atomic E-state index is -0.197. The van der Waals surface area contributed by atoms with Crippen molar-refractivity contribution in [2.75, 3.05) is 19.4 Å². The van der Waals surface area contributed by atoms with Crippen LogP contribution in [-0.4, -0.2) is 40.6 Å². The van der Waals surface area contributed by atoms with Crippen LogP contribution in [0.3, 0.4) is 0 Å². The molecule has 1 aliphatic carbocycles. The van der Waals surface area contributed by atoms with Crippen molar-refractivity contribution < 1.29 is 9.59 Å². The van der Waals surface area contributed by atoms with E-state index in [1.165, 1.54) is 11.3 Å². The number of aryl methyl sites for hydroxylation is 1. The van der Waals surface area contributed by atoms with Gasteiger partial charge in [-0.05, 0) is 19.8 Å². The highest BCUT2D eigenvalue weighted by Crippen LogP contribution is 2.27. The second kappa shape index (κ2) is 6.28. The van der Waals surface area contributed by atoms with E-state index in [-0.39, 0.29) is 17.7 Å². The van der Waals surface area contributed by atoms with Gasteiger partial charge in [0, 0.05) is 27.1 Å². The van der Waals surface area contributed by atoms with Gasteiger partial charge >= 0.3 is 0 Å². The van der Waals surface area contributed by atoms with E-state index in [2.05, 4.69) is 10.4 Å². The van der Waals surface area contributed by atoms with Crippen molar-refractivity contribution in [2.45, 2.75) is 39.0 Å². The maximum atomic E-state index is 12.4. The highest BCUT2D eigenvalue weighted by atomic mass is 16.2. The highest BCUT2D eigenvalue weighted by molar-refractivity contribution is 6.03. The zero-order chi connectivity index (χ0) is 15.6. The fourth-order valence-corrected chi connectivity index (χ4v) is 2.71. The SMILES string of the molecule is Cc1c(NC(=O)C2CCCCC2)c(C(=O)N(C)C)nn1C. The number of aromatic nitrogens is 2. The van der Waals surface area contributed by atoms with Crippen LogP contribution in [0.1, 0.15) is 48.3 Å². The number of nitrogens with one attached hydrogen (secondary N) is 1. The zero-order valence-corrected chi connectivity index (χ0v) is 13.3. The average Bonchev–Trinajstić information content (AvgIpc) is 2.75. The Kier molecular flexibility index (Phi) is 4.65. The summed E-state index contributed by atoms with van der Waals surface area (Å²) >= 11 is 0. The van der Waals surface area contributed by atoms with Crippen molar-refractivity contribution in [3.63, 3.8) is 0 Å². The molecule has 6 nitrogen and oxygen atoms in total. The number of nitrogens with zero attached hydrogens (tertiary/aromatic N) is 3. The van der Waals surface area contributed by atoms with Gasteiger partial charge in [0.25, 0.3) is 5.91 Å². The molecule has 0 unspecified atom stereocenters. The van der Waals surface area contributed by atoms with Gasteiger partial charge in [0.15, 0.2) is 5.69 Å². The summed E-state index contributed by atoms with van der Waals surface area (Å²) < 4.78 is 1.63. The zero-order valence-electron chi connectivity index (χ0n) is 13.3. The van der Waals surface area contributed by atoms with Crippen LogP contribution in [0.25, 0.3) is 0 Å². The molecule has 1 aromatic heterocycles. The van der Waals surface area contributed by atoms with E-state index in [0.29, 0.717) is 11.4 Å². The second-order valence-corrected chi connectivity index (χ2v) is 5.96. The predicted octanol–water partition coefficient (Wildman–Crippen LogP) is 1.95. The highest BCUT2D eigenvalue weighted by Gasteiger charge is 2.26. The van der Waals surface area contributed by atoms with Crippen LogP contribution in [0.5, 0.6) is 0 Å². The molecule has 6 heteroatoms. The quantitative estimate of drug-likeness (QED) is 0.926. The Hall–Kier alpha value is -1.85. The lowest BCUT2D eigenvalue weighted by Gasteiger charge is -2.21. The van der Waals surface area contributed by atoms with Crippen molar-refractivity contribution in [1.82, 2.24) is 14.7 Å². The monoisotopic (exact) mass is 292 g/mol. The minimum absolute atomic E-state index is 0.0126. The predicted molar refractivity (Wildman–Crippen MR) is 81.2 cm³/mol. The summed E-state index contributed by atoms with van der Waals surface area (Å²) in [5.41, 5.74) is 1.65. The molecule has 0 atom stereocenters. The first-order chi connectivity index (χ1) is 9.91. The Morgan fingerprint density at radius 3 is 2.43 bits per heavy atom. The molecule has 1 aliphatic rings. The summed E-state index contributed by atoms with van der Waals surface area (Å²) in [4.78, 5) is 26.1. The molecule has 0 aromatic carbocycles. The molecule has 1 N–H and O–H groups in total. The first kappa shape index (κ1) is 15.5. The van der Waals surface area contributed by atoms with Gasteiger partial charge in [-0.1, -0.05) is 19.3 Å². The van der Waals surface area contributed by atoms with Crippen LogP contribution in [0.4, 0.5) is 5.69 Å². The molecule has 2 rings (SSSR count). The first-order valence-corrected chi connectivity index (χ1v) is 7.48. The van der Waals surface area contributed by atoms with E-state index in [9.17, 15) is 9.59 Å². The van der Waals surface area contributed by atoms with Crippen LogP contribution in [0.15, 0.2) is 0 Å². The van der Waals surface area contributed by atoms with Gasteiger partial charge in [-0.3, -0.25) is 14.3 Å². The maximum absolute atomic E-state index is 12.4. The molecule has 0 bridgehead atoms. The maximum Gasteiger partial charge on any atom is 0.276 e. The summed E-state index contributed by atoms with van der Waals surface area (Å²) in [6, 6.07) is 0. The number of hydrogen-bond acceptors (Lipinski definition) is 3. The van der Waals surface area contributed by atoms with Crippen molar-refractivity contribution in [3.05, 3.63) is 11.4 Å². The van der Waals surface area contributed by atoms with Crippen molar-refractivity contribution >= 4 is 17.5 Å². The molecule has 116 valence electrons. The summed E-state index contributed by atoms with van der Waals surface area (Å²) in [5, 5.41) is 7.18. The largest absolute Gasteiger partial charge is 0.343 e. The van der Waals surface area contributed by atoms with Crippen LogP contribution in [-0.2, 0) is 11.8 Å². The third kappa shape index (κ3) is 3.25. The molecule has 1 aromatic rings. The van der Waals surface area contributed by atoms with Crippen molar-refractivity contribution in [1.29, 1.82) is 0 Å². The van der Waals surface area contributed by atoms with Gasteiger partial charge in [-0.2, -0.15) is 5.10 Å². The standard InChI is InChI=1S/C15H24N4O2/c1-10-12(13(17-19(10)4)15(21)18(2)3)16-14(20)11-8-6-5-7-9-11/h11H,5-9H2,1-4H3,(H,16,20). The number of amides is 2. The molecule has 0 radical (unpaired) electrons. The summed E-state index contributed by atoms with van der Waals surface area (Å²) in [6.07, 6.45) is 5.28. The Balaban J connectivity index is 2.22. The van der Waals surface area contributed by atoms with E-state index in [0.717, 1.165) is 31.4 Å². The van der Waals surface area contributed by atoms with Crippen molar-refractivity contribution in [2.24, 2.45) is 13.0 Å². The van der Waals surface area contributed by atoms with Gasteiger partial charge in [-0.15, -0.1) is 0 Å². The van der Waals surface area contributed by atoms with E-state index in [1.54, 1.807) is 25.8 Å². The van der Waals surface area contributed by atoms with Gasteiger partial charge < -0.3 is 10.2 Å². The molecule has 0 aliphatic heterocycles. The number of hydrogen-bond donors (Lipinski definition) is 1. The fraction of sp³-hybridized carbons (Fsp3) is 0.667. The molecule has 1 heterocycles. The average molecular weight is 292 g/mol. The van der Waals surface area contributed by atoms with Gasteiger partial charge in [-0.25, -0.2) is 0 Å². The Morgan fingerprint density at radius 2 is 1.86 bits per heavy atom. The summed E-state index contributed by atoms with van der Waals surface area (Å²) in [5.74, 6) is -0.128. The molecule has 1 fully saturated rings. The Bertz CT molecular complexity index is 542. The second-order valence-electron chi connectivity index (χ2n) is 5.96. The molecule has 1 saturated carbocycles. The van der Waals surface area contributed by atoms with Gasteiger partial charge in [0.2, 0.25) is 5.91 Å². The fourth-order valence-electron chi connectivity index (χ4n) is 2.71. The molecule has 21 heavy (non-hydrogen) atoms. The number of rotatable bonds is 3. The van der Waals surface area contributed by atoms with E-state index in [1.807, 2.05) is 6.92 Å². The molecular weight excluding hydrogens is 268 g/mol. The summed E-state index contributed by atoms with van der Waals surface area (Å²) in [6.45, 7) is 1.86. The van der Waals surface area contributed by atoms with Gasteiger partial charge in [0.05, 0.1) is 11.4 Å². The first-order valence-electron chi connectivity index (χ1n) is 7.48. The smallest absolute Gasteiger partial charge is 0.276 e. The third-order valence-electron chi connectivity index (χ3n) is 4.17. The van der Waals surface area contributed by atoms with Crippen LogP contribution in [0, 0.1) is 12.8 Å². The topological polar surface area (TPSA) is 67.2 Å². The van der Waals surface area contributed by atoms with E-state index >= 15 is 0 Å². The summed E-state index contributed by atoms with van der Waals surface area (Å²) in [7, 11) is 5.14. The van der Waals surface area contributed by atoms with Crippen LogP contribution >= 0.6 is 0 Å². The van der Waals surface area contributed by atoms with Crippen LogP contribution in [0.2, 0.25) is 0 Å². The lowest BCUT2D eigenvalue weighted by atomic mass is 9.88. The molecule has 0 saturated heterocycles.